The van der Waals surface area contributed by atoms with Crippen LogP contribution in [-0.2, 0) is 9.59 Å². The Balaban J connectivity index is 1.90. The van der Waals surface area contributed by atoms with E-state index >= 15 is 0 Å². The monoisotopic (exact) mass is 416 g/mol. The molecule has 31 heavy (non-hydrogen) atoms. The molecule has 2 aliphatic heterocycles. The Morgan fingerprint density at radius 2 is 1.39 bits per heavy atom. The van der Waals surface area contributed by atoms with E-state index in [1.54, 1.807) is 0 Å². The van der Waals surface area contributed by atoms with Gasteiger partial charge >= 0.3 is 0 Å². The van der Waals surface area contributed by atoms with E-state index in [1.807, 2.05) is 58.0 Å². The Morgan fingerprint density at radius 1 is 0.774 bits per heavy atom. The molecule has 2 unspecified atom stereocenters. The number of hydrogen-bond donors (Lipinski definition) is 0. The van der Waals surface area contributed by atoms with Gasteiger partial charge in [-0.25, -0.2) is 4.90 Å². The highest BCUT2D eigenvalue weighted by Gasteiger charge is 2.44. The summed E-state index contributed by atoms with van der Waals surface area (Å²) in [6.45, 7) is 14.1. The molecule has 1 fully saturated rings. The van der Waals surface area contributed by atoms with Crippen molar-refractivity contribution in [2.24, 2.45) is 11.8 Å². The van der Waals surface area contributed by atoms with E-state index in [4.69, 9.17) is 0 Å². The van der Waals surface area contributed by atoms with Crippen molar-refractivity contribution >= 4 is 23.1 Å². The molecule has 0 aromatic heterocycles. The number of rotatable bonds is 3. The highest BCUT2D eigenvalue weighted by atomic mass is 16.2. The molecule has 2 aromatic rings. The number of nitrogens with zero attached hydrogens (tertiary/aromatic N) is 2. The van der Waals surface area contributed by atoms with Crippen molar-refractivity contribution in [1.82, 2.24) is 4.90 Å². The zero-order valence-electron chi connectivity index (χ0n) is 19.5. The minimum absolute atomic E-state index is 0.199. The summed E-state index contributed by atoms with van der Waals surface area (Å²) < 4.78 is 0. The number of anilines is 1. The predicted octanol–water partition coefficient (Wildman–Crippen LogP) is 5.18. The second-order valence-corrected chi connectivity index (χ2v) is 9.63. The molecule has 0 spiro atoms. The zero-order valence-corrected chi connectivity index (χ0v) is 19.5. The summed E-state index contributed by atoms with van der Waals surface area (Å²) in [5.74, 6) is 0.546. The normalized spacial score (nSPS) is 22.0. The number of piperidine rings is 1. The van der Waals surface area contributed by atoms with E-state index in [2.05, 4.69) is 24.8 Å². The van der Waals surface area contributed by atoms with Crippen LogP contribution in [0.4, 0.5) is 5.69 Å². The van der Waals surface area contributed by atoms with Crippen molar-refractivity contribution in [3.05, 3.63) is 69.9 Å². The molecule has 0 aliphatic carbocycles. The Morgan fingerprint density at radius 3 is 2.03 bits per heavy atom. The minimum atomic E-state index is -0.216. The van der Waals surface area contributed by atoms with Gasteiger partial charge in [0.1, 0.15) is 5.70 Å². The molecule has 2 atom stereocenters. The number of aryl methyl sites for hydroxylation is 4. The van der Waals surface area contributed by atoms with Gasteiger partial charge in [-0.1, -0.05) is 49.7 Å². The molecule has 0 bridgehead atoms. The van der Waals surface area contributed by atoms with Crippen LogP contribution in [-0.4, -0.2) is 29.8 Å². The summed E-state index contributed by atoms with van der Waals surface area (Å²) in [5.41, 5.74) is 6.78. The molecule has 1 saturated heterocycles. The third kappa shape index (κ3) is 3.80. The fourth-order valence-electron chi connectivity index (χ4n) is 5.17. The smallest absolute Gasteiger partial charge is 0.282 e. The lowest BCUT2D eigenvalue weighted by Gasteiger charge is -2.37. The molecule has 2 aromatic carbocycles. The van der Waals surface area contributed by atoms with Crippen molar-refractivity contribution in [2.45, 2.75) is 48.0 Å². The summed E-state index contributed by atoms with van der Waals surface area (Å²) in [6.07, 6.45) is 1.14. The number of benzene rings is 2. The SMILES string of the molecule is Cc1ccc(C2=C(N3CC(C)CC(C)C3)C(=O)N(c3cc(C)ccc3C)C2=O)c(C)c1. The summed E-state index contributed by atoms with van der Waals surface area (Å²) in [6, 6.07) is 12.0. The molecule has 162 valence electrons. The Hall–Kier alpha value is -2.88. The van der Waals surface area contributed by atoms with Gasteiger partial charge < -0.3 is 4.90 Å². The molecule has 2 heterocycles. The van der Waals surface area contributed by atoms with Gasteiger partial charge in [-0.2, -0.15) is 0 Å². The number of hydrogen-bond acceptors (Lipinski definition) is 3. The third-order valence-electron chi connectivity index (χ3n) is 6.50. The lowest BCUT2D eigenvalue weighted by Crippen LogP contribution is -2.42. The lowest BCUT2D eigenvalue weighted by molar-refractivity contribution is -0.120. The van der Waals surface area contributed by atoms with Crippen LogP contribution in [0.25, 0.3) is 5.57 Å². The molecule has 0 saturated carbocycles. The van der Waals surface area contributed by atoms with Crippen LogP contribution in [0.3, 0.4) is 0 Å². The van der Waals surface area contributed by atoms with Crippen LogP contribution < -0.4 is 4.90 Å². The number of imide groups is 1. The average molecular weight is 417 g/mol. The first-order valence-electron chi connectivity index (χ1n) is 11.2. The molecule has 2 amide bonds. The van der Waals surface area contributed by atoms with Gasteiger partial charge in [0.15, 0.2) is 0 Å². The van der Waals surface area contributed by atoms with Crippen molar-refractivity contribution in [1.29, 1.82) is 0 Å². The van der Waals surface area contributed by atoms with E-state index in [0.717, 1.165) is 47.3 Å². The maximum atomic E-state index is 13.9. The quantitative estimate of drug-likeness (QED) is 0.647. The van der Waals surface area contributed by atoms with E-state index in [1.165, 1.54) is 4.90 Å². The Labute approximate surface area is 185 Å². The van der Waals surface area contributed by atoms with Crippen LogP contribution in [0, 0.1) is 39.5 Å². The summed E-state index contributed by atoms with van der Waals surface area (Å²) >= 11 is 0. The predicted molar refractivity (Wildman–Crippen MR) is 126 cm³/mol. The van der Waals surface area contributed by atoms with Crippen LogP contribution >= 0.6 is 0 Å². The third-order valence-corrected chi connectivity index (χ3v) is 6.50. The number of likely N-dealkylation sites (tertiary alicyclic amines) is 1. The summed E-state index contributed by atoms with van der Waals surface area (Å²) in [7, 11) is 0. The van der Waals surface area contributed by atoms with E-state index in [-0.39, 0.29) is 11.8 Å². The zero-order chi connectivity index (χ0) is 22.4. The fourth-order valence-corrected chi connectivity index (χ4v) is 5.17. The molecule has 0 N–H and O–H groups in total. The van der Waals surface area contributed by atoms with Crippen molar-refractivity contribution < 1.29 is 9.59 Å². The van der Waals surface area contributed by atoms with Crippen molar-refractivity contribution in [2.75, 3.05) is 18.0 Å². The van der Waals surface area contributed by atoms with Gasteiger partial charge in [-0.15, -0.1) is 0 Å². The average Bonchev–Trinajstić information content (AvgIpc) is 2.93. The first-order valence-corrected chi connectivity index (χ1v) is 11.2. The minimum Gasteiger partial charge on any atom is -0.366 e. The van der Waals surface area contributed by atoms with Crippen molar-refractivity contribution in [3.8, 4) is 0 Å². The van der Waals surface area contributed by atoms with Crippen LogP contribution in [0.1, 0.15) is 48.1 Å². The molecule has 4 nitrogen and oxygen atoms in total. The standard InChI is InChI=1S/C27H32N2O2/c1-16-8-10-22(21(6)12-16)24-25(28-14-18(3)11-19(4)15-28)27(31)29(26(24)30)23-13-17(2)7-9-20(23)5/h7-10,12-13,18-19H,11,14-15H2,1-6H3. The highest BCUT2D eigenvalue weighted by molar-refractivity contribution is 6.45. The first-order chi connectivity index (χ1) is 14.7. The van der Waals surface area contributed by atoms with E-state index < -0.39 is 0 Å². The lowest BCUT2D eigenvalue weighted by atomic mass is 9.90. The maximum Gasteiger partial charge on any atom is 0.282 e. The van der Waals surface area contributed by atoms with Gasteiger partial charge in [0.25, 0.3) is 11.8 Å². The van der Waals surface area contributed by atoms with Gasteiger partial charge in [-0.05, 0) is 74.3 Å². The van der Waals surface area contributed by atoms with Crippen LogP contribution in [0.5, 0.6) is 0 Å². The van der Waals surface area contributed by atoms with Gasteiger partial charge in [0.05, 0.1) is 11.3 Å². The van der Waals surface area contributed by atoms with Crippen molar-refractivity contribution in [3.63, 3.8) is 0 Å². The fraction of sp³-hybridized carbons (Fsp3) is 0.407. The number of carbonyl (C=O) groups excluding carboxylic acids is 2. The number of amides is 2. The van der Waals surface area contributed by atoms with E-state index in [0.29, 0.717) is 28.8 Å². The number of carbonyl (C=O) groups is 2. The first kappa shape index (κ1) is 21.4. The summed E-state index contributed by atoms with van der Waals surface area (Å²) in [5, 5.41) is 0. The molecule has 4 heteroatoms. The maximum absolute atomic E-state index is 13.9. The van der Waals surface area contributed by atoms with E-state index in [9.17, 15) is 9.59 Å². The summed E-state index contributed by atoms with van der Waals surface area (Å²) in [4.78, 5) is 31.3. The second kappa shape index (κ2) is 7.99. The molecule has 0 radical (unpaired) electrons. The van der Waals surface area contributed by atoms with Crippen LogP contribution in [0.15, 0.2) is 42.1 Å². The second-order valence-electron chi connectivity index (χ2n) is 9.63. The molecule has 4 rings (SSSR count). The van der Waals surface area contributed by atoms with Gasteiger partial charge in [-0.3, -0.25) is 9.59 Å². The molecular weight excluding hydrogens is 384 g/mol. The van der Waals surface area contributed by atoms with Crippen LogP contribution in [0.2, 0.25) is 0 Å². The molecular formula is C27H32N2O2. The largest absolute Gasteiger partial charge is 0.366 e. The van der Waals surface area contributed by atoms with Gasteiger partial charge in [0, 0.05) is 13.1 Å². The molecule has 2 aliphatic rings. The van der Waals surface area contributed by atoms with Gasteiger partial charge in [0.2, 0.25) is 0 Å². The Bertz CT molecular complexity index is 1090. The highest BCUT2D eigenvalue weighted by Crippen LogP contribution is 2.39. The topological polar surface area (TPSA) is 40.6 Å². The Kier molecular flexibility index (Phi) is 5.50.